The highest BCUT2D eigenvalue weighted by Crippen LogP contribution is 2.30. The number of halogens is 1. The summed E-state index contributed by atoms with van der Waals surface area (Å²) in [5.74, 6) is 2.71. The Morgan fingerprint density at radius 1 is 1.50 bits per heavy atom. The predicted octanol–water partition coefficient (Wildman–Crippen LogP) is 4.69. The van der Waals surface area contributed by atoms with Crippen LogP contribution >= 0.6 is 35.3 Å². The van der Waals surface area contributed by atoms with Crippen LogP contribution in [0.1, 0.15) is 62.8 Å². The molecular formula is C19H35IN4OS. The van der Waals surface area contributed by atoms with Crippen LogP contribution in [-0.4, -0.2) is 43.6 Å². The zero-order valence-corrected chi connectivity index (χ0v) is 20.0. The summed E-state index contributed by atoms with van der Waals surface area (Å²) in [5, 5.41) is 6.66. The van der Waals surface area contributed by atoms with Gasteiger partial charge >= 0.3 is 0 Å². The summed E-state index contributed by atoms with van der Waals surface area (Å²) < 4.78 is 5.34. The third kappa shape index (κ3) is 7.31. The van der Waals surface area contributed by atoms with Crippen LogP contribution in [0.4, 0.5) is 0 Å². The van der Waals surface area contributed by atoms with Crippen molar-refractivity contribution < 1.29 is 4.74 Å². The van der Waals surface area contributed by atoms with Crippen LogP contribution in [0.2, 0.25) is 0 Å². The third-order valence-corrected chi connectivity index (χ3v) is 6.18. The number of nitrogens with one attached hydrogen (secondary N) is 1. The molecule has 0 amide bonds. The fourth-order valence-corrected chi connectivity index (χ4v) is 4.44. The lowest BCUT2D eigenvalue weighted by Gasteiger charge is -2.27. The fourth-order valence-electron chi connectivity index (χ4n) is 3.60. The Labute approximate surface area is 180 Å². The lowest BCUT2D eigenvalue weighted by Crippen LogP contribution is -2.39. The first-order valence-corrected chi connectivity index (χ1v) is 10.3. The van der Waals surface area contributed by atoms with Crippen LogP contribution in [0.15, 0.2) is 10.4 Å². The number of hydrogen-bond acceptors (Lipinski definition) is 4. The predicted molar refractivity (Wildman–Crippen MR) is 122 cm³/mol. The van der Waals surface area contributed by atoms with Gasteiger partial charge in [0.15, 0.2) is 5.96 Å². The van der Waals surface area contributed by atoms with E-state index < -0.39 is 0 Å². The van der Waals surface area contributed by atoms with Crippen molar-refractivity contribution >= 4 is 41.3 Å². The molecule has 0 bridgehead atoms. The summed E-state index contributed by atoms with van der Waals surface area (Å²) in [6.07, 6.45) is 6.87. The van der Waals surface area contributed by atoms with Crippen LogP contribution in [-0.2, 0) is 11.3 Å². The number of methoxy groups -OCH3 is 1. The summed E-state index contributed by atoms with van der Waals surface area (Å²) in [7, 11) is 5.63. The van der Waals surface area contributed by atoms with Gasteiger partial charge in [-0.15, -0.1) is 35.3 Å². The molecule has 1 heterocycles. The molecule has 2 rings (SSSR count). The molecule has 0 radical (unpaired) electrons. The van der Waals surface area contributed by atoms with E-state index in [9.17, 15) is 0 Å². The fraction of sp³-hybridized carbons (Fsp3) is 0.789. The highest BCUT2D eigenvalue weighted by Gasteiger charge is 2.19. The maximum absolute atomic E-state index is 5.34. The number of ether oxygens (including phenoxy) is 1. The van der Waals surface area contributed by atoms with Crippen LogP contribution < -0.4 is 5.32 Å². The largest absolute Gasteiger partial charge is 0.375 e. The number of nitrogens with zero attached hydrogens (tertiary/aromatic N) is 3. The summed E-state index contributed by atoms with van der Waals surface area (Å²) >= 11 is 1.66. The van der Waals surface area contributed by atoms with E-state index in [-0.39, 0.29) is 30.1 Å². The molecule has 3 atom stereocenters. The molecule has 1 saturated carbocycles. The summed E-state index contributed by atoms with van der Waals surface area (Å²) in [6, 6.07) is 0. The normalized spacial score (nSPS) is 21.8. The van der Waals surface area contributed by atoms with Gasteiger partial charge in [0.2, 0.25) is 0 Å². The average molecular weight is 494 g/mol. The van der Waals surface area contributed by atoms with E-state index in [0.29, 0.717) is 0 Å². The molecule has 26 heavy (non-hydrogen) atoms. The Morgan fingerprint density at radius 3 is 2.92 bits per heavy atom. The standard InChI is InChI=1S/C19H34N4OS.HI/c1-14-7-6-8-16(11-14)9-10-21-19(20-3)23(4)12-17-13-25-18(22-17)15(2)24-5;/h13-16H,6-12H2,1-5H3,(H,20,21);1H. The molecule has 1 aromatic heterocycles. The lowest BCUT2D eigenvalue weighted by molar-refractivity contribution is 0.119. The van der Waals surface area contributed by atoms with Gasteiger partial charge in [0, 0.05) is 33.1 Å². The second kappa shape index (κ2) is 12.1. The Hall–Kier alpha value is -0.410. The molecule has 0 saturated heterocycles. The van der Waals surface area contributed by atoms with E-state index in [2.05, 4.69) is 39.5 Å². The molecule has 150 valence electrons. The Kier molecular flexibility index (Phi) is 11.0. The van der Waals surface area contributed by atoms with Gasteiger partial charge < -0.3 is 15.0 Å². The molecule has 7 heteroatoms. The van der Waals surface area contributed by atoms with Crippen LogP contribution in [0, 0.1) is 11.8 Å². The molecule has 5 nitrogen and oxygen atoms in total. The number of hydrogen-bond donors (Lipinski definition) is 1. The maximum Gasteiger partial charge on any atom is 0.193 e. The molecular weight excluding hydrogens is 459 g/mol. The van der Waals surface area contributed by atoms with Gasteiger partial charge in [-0.05, 0) is 31.6 Å². The second-order valence-electron chi connectivity index (χ2n) is 7.31. The molecule has 1 aliphatic rings. The van der Waals surface area contributed by atoms with Gasteiger partial charge in [0.25, 0.3) is 0 Å². The van der Waals surface area contributed by atoms with Crippen molar-refractivity contribution in [2.75, 3.05) is 27.7 Å². The monoisotopic (exact) mass is 494 g/mol. The number of thiazole rings is 1. The van der Waals surface area contributed by atoms with E-state index in [1.165, 1.54) is 32.1 Å². The molecule has 1 N–H and O–H groups in total. The van der Waals surface area contributed by atoms with Crippen LogP contribution in [0.3, 0.4) is 0 Å². The smallest absolute Gasteiger partial charge is 0.193 e. The molecule has 1 aliphatic carbocycles. The minimum absolute atomic E-state index is 0. The quantitative estimate of drug-likeness (QED) is 0.340. The molecule has 0 spiro atoms. The first-order valence-electron chi connectivity index (χ1n) is 9.42. The lowest BCUT2D eigenvalue weighted by atomic mass is 9.81. The molecule has 1 fully saturated rings. The van der Waals surface area contributed by atoms with Crippen molar-refractivity contribution in [1.82, 2.24) is 15.2 Å². The van der Waals surface area contributed by atoms with Gasteiger partial charge in [0.05, 0.1) is 12.2 Å². The average Bonchev–Trinajstić information content (AvgIpc) is 3.06. The van der Waals surface area contributed by atoms with E-state index in [4.69, 9.17) is 4.74 Å². The Balaban J connectivity index is 0.00000338. The van der Waals surface area contributed by atoms with E-state index in [0.717, 1.165) is 41.6 Å². The van der Waals surface area contributed by atoms with E-state index in [1.54, 1.807) is 18.4 Å². The summed E-state index contributed by atoms with van der Waals surface area (Å²) in [4.78, 5) is 11.2. The van der Waals surface area contributed by atoms with Crippen molar-refractivity contribution in [1.29, 1.82) is 0 Å². The first-order chi connectivity index (χ1) is 12.0. The van der Waals surface area contributed by atoms with Crippen molar-refractivity contribution in [2.45, 2.75) is 58.6 Å². The maximum atomic E-state index is 5.34. The Bertz CT molecular complexity index is 551. The SMILES string of the molecule is CN=C(NCCC1CCCC(C)C1)N(C)Cc1csc(C(C)OC)n1.I. The highest BCUT2D eigenvalue weighted by molar-refractivity contribution is 14.0. The molecule has 3 unspecified atom stereocenters. The zero-order chi connectivity index (χ0) is 18.2. The molecule has 1 aromatic rings. The third-order valence-electron chi connectivity index (χ3n) is 5.12. The van der Waals surface area contributed by atoms with Crippen molar-refractivity contribution in [2.24, 2.45) is 16.8 Å². The first kappa shape index (κ1) is 23.6. The second-order valence-corrected chi connectivity index (χ2v) is 8.20. The summed E-state index contributed by atoms with van der Waals surface area (Å²) in [5.41, 5.74) is 1.07. The van der Waals surface area contributed by atoms with Crippen molar-refractivity contribution in [3.05, 3.63) is 16.1 Å². The minimum atomic E-state index is 0. The van der Waals surface area contributed by atoms with Crippen LogP contribution in [0.25, 0.3) is 0 Å². The number of aliphatic imine (C=N–C) groups is 1. The summed E-state index contributed by atoms with van der Waals surface area (Å²) in [6.45, 7) is 6.17. The number of guanidine groups is 1. The zero-order valence-electron chi connectivity index (χ0n) is 16.8. The van der Waals surface area contributed by atoms with Gasteiger partial charge in [-0.3, -0.25) is 4.99 Å². The highest BCUT2D eigenvalue weighted by atomic mass is 127. The van der Waals surface area contributed by atoms with E-state index >= 15 is 0 Å². The number of rotatable bonds is 7. The topological polar surface area (TPSA) is 49.8 Å². The van der Waals surface area contributed by atoms with E-state index in [1.807, 2.05) is 14.0 Å². The Morgan fingerprint density at radius 2 is 2.27 bits per heavy atom. The molecule has 0 aromatic carbocycles. The van der Waals surface area contributed by atoms with Gasteiger partial charge in [-0.25, -0.2) is 4.98 Å². The molecule has 0 aliphatic heterocycles. The number of aromatic nitrogens is 1. The van der Waals surface area contributed by atoms with Gasteiger partial charge in [0.1, 0.15) is 11.1 Å². The van der Waals surface area contributed by atoms with Crippen molar-refractivity contribution in [3.8, 4) is 0 Å². The van der Waals surface area contributed by atoms with Gasteiger partial charge in [-0.2, -0.15) is 0 Å². The van der Waals surface area contributed by atoms with Crippen LogP contribution in [0.5, 0.6) is 0 Å². The van der Waals surface area contributed by atoms with Crippen molar-refractivity contribution in [3.63, 3.8) is 0 Å². The minimum Gasteiger partial charge on any atom is -0.375 e. The van der Waals surface area contributed by atoms with Gasteiger partial charge in [-0.1, -0.05) is 26.2 Å².